The van der Waals surface area contributed by atoms with E-state index in [0.717, 1.165) is 24.2 Å². The maximum Gasteiger partial charge on any atom is 0.0633 e. The van der Waals surface area contributed by atoms with Gasteiger partial charge in [-0.05, 0) is 42.5 Å². The Hall–Kier alpha value is -1.70. The topological polar surface area (TPSA) is 29.3 Å². The molecule has 0 aliphatic rings. The first kappa shape index (κ1) is 13.4. The Labute approximate surface area is 104 Å². The van der Waals surface area contributed by atoms with Gasteiger partial charge in [-0.25, -0.2) is 0 Å². The van der Waals surface area contributed by atoms with Crippen molar-refractivity contribution in [3.63, 3.8) is 0 Å². The predicted molar refractivity (Wildman–Crippen MR) is 77.7 cm³/mol. The molecular formula is C15H22N2. The largest absolute Gasteiger partial charge is 0.397 e. The summed E-state index contributed by atoms with van der Waals surface area (Å²) in [5.74, 6) is 0. The van der Waals surface area contributed by atoms with Crippen molar-refractivity contribution >= 4 is 11.4 Å². The van der Waals surface area contributed by atoms with E-state index in [9.17, 15) is 0 Å². The van der Waals surface area contributed by atoms with Crippen LogP contribution < -0.4 is 10.6 Å². The minimum atomic E-state index is 0.828. The molecule has 0 atom stereocenters. The zero-order valence-electron chi connectivity index (χ0n) is 11.1. The van der Waals surface area contributed by atoms with Gasteiger partial charge in [0.15, 0.2) is 0 Å². The molecule has 0 bridgehead atoms. The Morgan fingerprint density at radius 3 is 2.29 bits per heavy atom. The van der Waals surface area contributed by atoms with Gasteiger partial charge in [0.1, 0.15) is 0 Å². The van der Waals surface area contributed by atoms with E-state index in [1.807, 2.05) is 26.2 Å². The lowest BCUT2D eigenvalue weighted by Crippen LogP contribution is -2.15. The monoisotopic (exact) mass is 230 g/mol. The second kappa shape index (κ2) is 5.58. The van der Waals surface area contributed by atoms with Crippen molar-refractivity contribution in [3.8, 4) is 0 Å². The maximum absolute atomic E-state index is 6.14. The Kier molecular flexibility index (Phi) is 4.38. The third-order valence-electron chi connectivity index (χ3n) is 2.98. The van der Waals surface area contributed by atoms with Crippen LogP contribution in [0.4, 0.5) is 11.4 Å². The smallest absolute Gasteiger partial charge is 0.0633 e. The molecular weight excluding hydrogens is 208 g/mol. The number of rotatable bonds is 5. The van der Waals surface area contributed by atoms with Gasteiger partial charge in [0.25, 0.3) is 0 Å². The van der Waals surface area contributed by atoms with E-state index in [1.165, 1.54) is 16.7 Å². The average Bonchev–Trinajstić information content (AvgIpc) is 2.25. The number of nitrogen functional groups attached to an aromatic ring is 1. The van der Waals surface area contributed by atoms with Gasteiger partial charge in [0.2, 0.25) is 0 Å². The van der Waals surface area contributed by atoms with Crippen LogP contribution in [-0.2, 0) is 12.8 Å². The van der Waals surface area contributed by atoms with Gasteiger partial charge in [0.05, 0.1) is 11.4 Å². The van der Waals surface area contributed by atoms with Crippen LogP contribution in [0.1, 0.15) is 16.7 Å². The molecule has 1 rings (SSSR count). The predicted octanol–water partition coefficient (Wildman–Crippen LogP) is 3.10. The number of allylic oxidation sites excluding steroid dienone is 2. The number of nitrogens with two attached hydrogens (primary N) is 1. The van der Waals surface area contributed by atoms with Gasteiger partial charge in [-0.2, -0.15) is 0 Å². The first-order valence-electron chi connectivity index (χ1n) is 5.82. The lowest BCUT2D eigenvalue weighted by molar-refractivity contribution is 1.06. The van der Waals surface area contributed by atoms with Crippen LogP contribution in [0, 0.1) is 6.92 Å². The zero-order valence-corrected chi connectivity index (χ0v) is 11.1. The molecule has 0 saturated carbocycles. The highest BCUT2D eigenvalue weighted by Crippen LogP contribution is 2.32. The molecule has 0 amide bonds. The SMILES string of the molecule is C=CCc1cc(N)c(N(C)C)c(CC=C)c1C. The van der Waals surface area contributed by atoms with E-state index < -0.39 is 0 Å². The third kappa shape index (κ3) is 2.70. The number of anilines is 2. The number of nitrogens with zero attached hydrogens (tertiary/aromatic N) is 1. The number of hydrogen-bond acceptors (Lipinski definition) is 2. The summed E-state index contributed by atoms with van der Waals surface area (Å²) in [6.07, 6.45) is 5.53. The summed E-state index contributed by atoms with van der Waals surface area (Å²) in [6, 6.07) is 2.05. The van der Waals surface area contributed by atoms with Crippen LogP contribution in [0.2, 0.25) is 0 Å². The lowest BCUT2D eigenvalue weighted by atomic mass is 9.94. The fourth-order valence-corrected chi connectivity index (χ4v) is 2.20. The van der Waals surface area contributed by atoms with Crippen molar-refractivity contribution in [2.24, 2.45) is 0 Å². The highest BCUT2D eigenvalue weighted by Gasteiger charge is 2.13. The van der Waals surface area contributed by atoms with Gasteiger partial charge in [0, 0.05) is 14.1 Å². The molecule has 0 aliphatic carbocycles. The molecule has 2 heteroatoms. The summed E-state index contributed by atoms with van der Waals surface area (Å²) in [7, 11) is 4.04. The summed E-state index contributed by atoms with van der Waals surface area (Å²) in [5.41, 5.74) is 11.9. The molecule has 0 unspecified atom stereocenters. The van der Waals surface area contributed by atoms with Gasteiger partial charge in [-0.3, -0.25) is 0 Å². The maximum atomic E-state index is 6.14. The summed E-state index contributed by atoms with van der Waals surface area (Å²) in [6.45, 7) is 9.75. The van der Waals surface area contributed by atoms with E-state index >= 15 is 0 Å². The van der Waals surface area contributed by atoms with Gasteiger partial charge >= 0.3 is 0 Å². The molecule has 2 nitrogen and oxygen atoms in total. The van der Waals surface area contributed by atoms with E-state index in [0.29, 0.717) is 0 Å². The second-order valence-electron chi connectivity index (χ2n) is 4.46. The van der Waals surface area contributed by atoms with Crippen LogP contribution in [0.15, 0.2) is 31.4 Å². The van der Waals surface area contributed by atoms with Crippen molar-refractivity contribution in [3.05, 3.63) is 48.1 Å². The Morgan fingerprint density at radius 1 is 1.24 bits per heavy atom. The molecule has 0 fully saturated rings. The minimum Gasteiger partial charge on any atom is -0.397 e. The first-order valence-corrected chi connectivity index (χ1v) is 5.82. The molecule has 0 saturated heterocycles. The van der Waals surface area contributed by atoms with Crippen molar-refractivity contribution in [2.45, 2.75) is 19.8 Å². The van der Waals surface area contributed by atoms with Gasteiger partial charge in [-0.1, -0.05) is 12.2 Å². The van der Waals surface area contributed by atoms with E-state index in [4.69, 9.17) is 5.73 Å². The molecule has 1 aromatic carbocycles. The van der Waals surface area contributed by atoms with Crippen LogP contribution >= 0.6 is 0 Å². The minimum absolute atomic E-state index is 0.828. The highest BCUT2D eigenvalue weighted by atomic mass is 15.1. The molecule has 92 valence electrons. The molecule has 0 aliphatic heterocycles. The fraction of sp³-hybridized carbons (Fsp3) is 0.333. The molecule has 0 aromatic heterocycles. The van der Waals surface area contributed by atoms with Crippen LogP contribution in [0.25, 0.3) is 0 Å². The molecule has 0 spiro atoms. The second-order valence-corrected chi connectivity index (χ2v) is 4.46. The summed E-state index contributed by atoms with van der Waals surface area (Å²) in [4.78, 5) is 2.07. The zero-order chi connectivity index (χ0) is 13.0. The Bertz CT molecular complexity index is 431. The van der Waals surface area contributed by atoms with Gasteiger partial charge < -0.3 is 10.6 Å². The van der Waals surface area contributed by atoms with E-state index in [1.54, 1.807) is 0 Å². The standard InChI is InChI=1S/C15H22N2/c1-6-8-12-10-14(16)15(17(4)5)13(9-7-2)11(12)3/h6-7,10H,1-2,8-9,16H2,3-5H3. The molecule has 0 radical (unpaired) electrons. The fourth-order valence-electron chi connectivity index (χ4n) is 2.20. The van der Waals surface area contributed by atoms with Gasteiger partial charge in [-0.15, -0.1) is 13.2 Å². The number of hydrogen-bond donors (Lipinski definition) is 1. The number of benzene rings is 1. The molecule has 17 heavy (non-hydrogen) atoms. The van der Waals surface area contributed by atoms with Crippen LogP contribution in [-0.4, -0.2) is 14.1 Å². The Balaban J connectivity index is 3.46. The van der Waals surface area contributed by atoms with E-state index in [-0.39, 0.29) is 0 Å². The van der Waals surface area contributed by atoms with Crippen molar-refractivity contribution in [1.82, 2.24) is 0 Å². The lowest BCUT2D eigenvalue weighted by Gasteiger charge is -2.23. The quantitative estimate of drug-likeness (QED) is 0.622. The first-order chi connectivity index (χ1) is 8.02. The highest BCUT2D eigenvalue weighted by molar-refractivity contribution is 5.74. The van der Waals surface area contributed by atoms with Crippen LogP contribution in [0.3, 0.4) is 0 Å². The van der Waals surface area contributed by atoms with Crippen molar-refractivity contribution < 1.29 is 0 Å². The third-order valence-corrected chi connectivity index (χ3v) is 2.98. The van der Waals surface area contributed by atoms with Crippen LogP contribution in [0.5, 0.6) is 0 Å². The Morgan fingerprint density at radius 2 is 1.82 bits per heavy atom. The summed E-state index contributed by atoms with van der Waals surface area (Å²) in [5, 5.41) is 0. The summed E-state index contributed by atoms with van der Waals surface area (Å²) < 4.78 is 0. The molecule has 2 N–H and O–H groups in total. The molecule has 0 heterocycles. The molecule has 1 aromatic rings. The van der Waals surface area contributed by atoms with E-state index in [2.05, 4.69) is 31.0 Å². The van der Waals surface area contributed by atoms with Crippen molar-refractivity contribution in [2.75, 3.05) is 24.7 Å². The normalized spacial score (nSPS) is 10.1. The van der Waals surface area contributed by atoms with Crippen molar-refractivity contribution in [1.29, 1.82) is 0 Å². The average molecular weight is 230 g/mol. The summed E-state index contributed by atoms with van der Waals surface area (Å²) >= 11 is 0.